The summed E-state index contributed by atoms with van der Waals surface area (Å²) in [5.41, 5.74) is 6.18. The first kappa shape index (κ1) is 14.4. The van der Waals surface area contributed by atoms with Gasteiger partial charge >= 0.3 is 0 Å². The van der Waals surface area contributed by atoms with E-state index in [1.54, 1.807) is 22.6 Å². The summed E-state index contributed by atoms with van der Waals surface area (Å²) in [5.74, 6) is -0.428. The van der Waals surface area contributed by atoms with Gasteiger partial charge in [-0.05, 0) is 42.4 Å². The molecule has 0 aliphatic carbocycles. The van der Waals surface area contributed by atoms with Gasteiger partial charge in [0, 0.05) is 30.8 Å². The number of nitro benzene ring substituents is 1. The minimum Gasteiger partial charge on any atom is -0.363 e. The number of nitro groups is 1. The van der Waals surface area contributed by atoms with Gasteiger partial charge in [0.1, 0.15) is 11.5 Å². The van der Waals surface area contributed by atoms with E-state index in [2.05, 4.69) is 0 Å². The van der Waals surface area contributed by atoms with Gasteiger partial charge < -0.3 is 10.6 Å². The lowest BCUT2D eigenvalue weighted by Gasteiger charge is -2.37. The summed E-state index contributed by atoms with van der Waals surface area (Å²) < 4.78 is 14.0. The van der Waals surface area contributed by atoms with Crippen molar-refractivity contribution in [3.8, 4) is 0 Å². The number of halogens is 2. The number of nitrogens with zero attached hydrogens (tertiary/aromatic N) is 2. The number of benzene rings is 1. The van der Waals surface area contributed by atoms with Crippen molar-refractivity contribution in [1.29, 1.82) is 0 Å². The van der Waals surface area contributed by atoms with Gasteiger partial charge in [0.2, 0.25) is 0 Å². The molecule has 1 aliphatic rings. The number of nitrogens with two attached hydrogens (primary N) is 1. The van der Waals surface area contributed by atoms with E-state index in [1.807, 2.05) is 11.8 Å². The quantitative estimate of drug-likeness (QED) is 0.487. The van der Waals surface area contributed by atoms with Crippen molar-refractivity contribution in [2.45, 2.75) is 31.8 Å². The van der Waals surface area contributed by atoms with Gasteiger partial charge in [0.05, 0.1) is 8.49 Å². The van der Waals surface area contributed by atoms with E-state index in [1.165, 1.54) is 12.1 Å². The Balaban J connectivity index is 2.43. The Morgan fingerprint density at radius 2 is 2.26 bits per heavy atom. The number of anilines is 1. The van der Waals surface area contributed by atoms with Crippen LogP contribution < -0.4 is 10.6 Å². The van der Waals surface area contributed by atoms with Crippen LogP contribution in [0.3, 0.4) is 0 Å². The Labute approximate surface area is 124 Å². The first-order chi connectivity index (χ1) is 8.90. The zero-order valence-corrected chi connectivity index (χ0v) is 12.6. The molecule has 0 saturated carbocycles. The second kappa shape index (κ2) is 5.58. The number of piperidine rings is 1. The SMILES string of the molecule is CC1CC(N)CCN1c1cc(F)c(I)cc1[N+](=O)[O-]. The van der Waals surface area contributed by atoms with Crippen molar-refractivity contribution in [2.75, 3.05) is 11.4 Å². The lowest BCUT2D eigenvalue weighted by atomic mass is 9.98. The van der Waals surface area contributed by atoms with Crippen molar-refractivity contribution in [2.24, 2.45) is 5.73 Å². The van der Waals surface area contributed by atoms with Crippen LogP contribution in [-0.2, 0) is 0 Å². The summed E-state index contributed by atoms with van der Waals surface area (Å²) >= 11 is 1.76. The van der Waals surface area contributed by atoms with Crippen molar-refractivity contribution >= 4 is 34.0 Å². The molecule has 0 radical (unpaired) electrons. The molecule has 1 saturated heterocycles. The smallest absolute Gasteiger partial charge is 0.293 e. The highest BCUT2D eigenvalue weighted by molar-refractivity contribution is 14.1. The molecule has 0 spiro atoms. The van der Waals surface area contributed by atoms with Gasteiger partial charge in [-0.2, -0.15) is 0 Å². The lowest BCUT2D eigenvalue weighted by molar-refractivity contribution is -0.384. The molecule has 2 rings (SSSR count). The van der Waals surface area contributed by atoms with Crippen LogP contribution in [0.25, 0.3) is 0 Å². The van der Waals surface area contributed by atoms with Crippen LogP contribution >= 0.6 is 22.6 Å². The fourth-order valence-electron chi connectivity index (χ4n) is 2.47. The van der Waals surface area contributed by atoms with Gasteiger partial charge in [-0.25, -0.2) is 4.39 Å². The Bertz CT molecular complexity index is 512. The molecule has 1 fully saturated rings. The second-order valence-electron chi connectivity index (χ2n) is 4.84. The van der Waals surface area contributed by atoms with Gasteiger partial charge in [0.15, 0.2) is 0 Å². The average Bonchev–Trinajstić information content (AvgIpc) is 2.32. The number of hydrogen-bond donors (Lipinski definition) is 1. The largest absolute Gasteiger partial charge is 0.363 e. The molecule has 0 amide bonds. The van der Waals surface area contributed by atoms with Gasteiger partial charge in [-0.1, -0.05) is 0 Å². The van der Waals surface area contributed by atoms with Crippen molar-refractivity contribution in [3.63, 3.8) is 0 Å². The maximum Gasteiger partial charge on any atom is 0.293 e. The molecule has 1 aromatic rings. The van der Waals surface area contributed by atoms with E-state index in [4.69, 9.17) is 5.73 Å². The Morgan fingerprint density at radius 1 is 1.58 bits per heavy atom. The molecule has 2 N–H and O–H groups in total. The van der Waals surface area contributed by atoms with E-state index in [0.717, 1.165) is 12.8 Å². The molecular formula is C12H15FIN3O2. The molecule has 1 aromatic carbocycles. The summed E-state index contributed by atoms with van der Waals surface area (Å²) in [4.78, 5) is 12.5. The zero-order chi connectivity index (χ0) is 14.2. The molecule has 2 unspecified atom stereocenters. The Kier molecular flexibility index (Phi) is 4.24. The summed E-state index contributed by atoms with van der Waals surface area (Å²) in [5, 5.41) is 11.1. The van der Waals surface area contributed by atoms with E-state index in [0.29, 0.717) is 12.2 Å². The fraction of sp³-hybridized carbons (Fsp3) is 0.500. The average molecular weight is 379 g/mol. The molecule has 7 heteroatoms. The third-order valence-electron chi connectivity index (χ3n) is 3.44. The van der Waals surface area contributed by atoms with Crippen LogP contribution in [0.2, 0.25) is 0 Å². The first-order valence-electron chi connectivity index (χ1n) is 6.05. The van der Waals surface area contributed by atoms with Crippen LogP contribution in [-0.4, -0.2) is 23.6 Å². The maximum absolute atomic E-state index is 13.7. The molecule has 0 bridgehead atoms. The number of hydrogen-bond acceptors (Lipinski definition) is 4. The summed E-state index contributed by atoms with van der Waals surface area (Å²) in [7, 11) is 0. The standard InChI is InChI=1S/C12H15FIN3O2/c1-7-4-8(15)2-3-16(7)11-5-9(13)10(14)6-12(11)17(18)19/h5-8H,2-4,15H2,1H3. The first-order valence-corrected chi connectivity index (χ1v) is 7.13. The normalized spacial score (nSPS) is 23.5. The van der Waals surface area contributed by atoms with Crippen LogP contribution in [0.4, 0.5) is 15.8 Å². The molecule has 1 heterocycles. The third kappa shape index (κ3) is 2.97. The molecule has 19 heavy (non-hydrogen) atoms. The van der Waals surface area contributed by atoms with Gasteiger partial charge in [0.25, 0.3) is 5.69 Å². The van der Waals surface area contributed by atoms with Crippen molar-refractivity contribution in [3.05, 3.63) is 31.6 Å². The third-order valence-corrected chi connectivity index (χ3v) is 4.27. The van der Waals surface area contributed by atoms with Gasteiger partial charge in [-0.15, -0.1) is 0 Å². The van der Waals surface area contributed by atoms with Crippen molar-refractivity contribution in [1.82, 2.24) is 0 Å². The highest BCUT2D eigenvalue weighted by Crippen LogP contribution is 2.35. The minimum absolute atomic E-state index is 0.0480. The topological polar surface area (TPSA) is 72.4 Å². The predicted octanol–water partition coefficient (Wildman–Crippen LogP) is 2.65. The summed E-state index contributed by atoms with van der Waals surface area (Å²) in [6.07, 6.45) is 1.51. The van der Waals surface area contributed by atoms with Crippen LogP contribution in [0.5, 0.6) is 0 Å². The van der Waals surface area contributed by atoms with Gasteiger partial charge in [-0.3, -0.25) is 10.1 Å². The summed E-state index contributed by atoms with van der Waals surface area (Å²) in [6.45, 7) is 2.57. The maximum atomic E-state index is 13.7. The van der Waals surface area contributed by atoms with E-state index in [-0.39, 0.29) is 21.3 Å². The molecule has 0 aromatic heterocycles. The van der Waals surface area contributed by atoms with Crippen LogP contribution in [0, 0.1) is 19.5 Å². The summed E-state index contributed by atoms with van der Waals surface area (Å²) in [6, 6.07) is 2.72. The van der Waals surface area contributed by atoms with Crippen LogP contribution in [0.15, 0.2) is 12.1 Å². The molecule has 5 nitrogen and oxygen atoms in total. The van der Waals surface area contributed by atoms with E-state index < -0.39 is 10.7 Å². The highest BCUT2D eigenvalue weighted by Gasteiger charge is 2.29. The van der Waals surface area contributed by atoms with E-state index >= 15 is 0 Å². The molecule has 2 atom stereocenters. The second-order valence-corrected chi connectivity index (χ2v) is 6.00. The van der Waals surface area contributed by atoms with E-state index in [9.17, 15) is 14.5 Å². The Morgan fingerprint density at radius 3 is 2.84 bits per heavy atom. The zero-order valence-electron chi connectivity index (χ0n) is 10.5. The predicted molar refractivity (Wildman–Crippen MR) is 79.8 cm³/mol. The molecule has 1 aliphatic heterocycles. The highest BCUT2D eigenvalue weighted by atomic mass is 127. The van der Waals surface area contributed by atoms with Crippen LogP contribution in [0.1, 0.15) is 19.8 Å². The number of rotatable bonds is 2. The lowest BCUT2D eigenvalue weighted by Crippen LogP contribution is -2.45. The van der Waals surface area contributed by atoms with Crippen molar-refractivity contribution < 1.29 is 9.31 Å². The Hall–Kier alpha value is -0.960. The minimum atomic E-state index is -0.460. The molecular weight excluding hydrogens is 364 g/mol. The fourth-order valence-corrected chi connectivity index (χ4v) is 2.92. The monoisotopic (exact) mass is 379 g/mol. The molecule has 104 valence electrons.